The van der Waals surface area contributed by atoms with Crippen LogP contribution in [0.4, 0.5) is 0 Å². The summed E-state index contributed by atoms with van der Waals surface area (Å²) >= 11 is 0. The molecule has 1 aromatic carbocycles. The smallest absolute Gasteiger partial charge is 0.394 e. The molecule has 30 heavy (non-hydrogen) atoms. The number of aryl methyl sites for hydroxylation is 1. The van der Waals surface area contributed by atoms with Gasteiger partial charge in [0.25, 0.3) is 0 Å². The van der Waals surface area contributed by atoms with Gasteiger partial charge < -0.3 is 10.2 Å². The van der Waals surface area contributed by atoms with Crippen LogP contribution in [0, 0.1) is 17.3 Å². The highest BCUT2D eigenvalue weighted by atomic mass is 32.3. The molecule has 172 valence electrons. The first kappa shape index (κ1) is 25.0. The van der Waals surface area contributed by atoms with Gasteiger partial charge in [-0.15, -0.1) is 0 Å². The van der Waals surface area contributed by atoms with Crippen molar-refractivity contribution in [2.24, 2.45) is 17.3 Å². The molecule has 3 aliphatic rings. The Hall–Kier alpha value is -1.28. The minimum absolute atomic E-state index is 0.0883. The van der Waals surface area contributed by atoms with Crippen molar-refractivity contribution in [3.63, 3.8) is 0 Å². The summed E-state index contributed by atoms with van der Waals surface area (Å²) in [6.07, 6.45) is 6.78. The third-order valence-electron chi connectivity index (χ3n) is 6.66. The van der Waals surface area contributed by atoms with E-state index >= 15 is 0 Å². The quantitative estimate of drug-likeness (QED) is 0.308. The number of aliphatic hydroxyl groups is 1. The highest BCUT2D eigenvalue weighted by Gasteiger charge is 2.54. The van der Waals surface area contributed by atoms with Crippen LogP contribution in [0.25, 0.3) is 0 Å². The van der Waals surface area contributed by atoms with Gasteiger partial charge in [-0.05, 0) is 85.0 Å². The summed E-state index contributed by atoms with van der Waals surface area (Å²) in [7, 11) is -9.33. The highest BCUT2D eigenvalue weighted by Crippen LogP contribution is 2.60. The summed E-state index contributed by atoms with van der Waals surface area (Å²) in [5, 5.41) is 20.0. The molecule has 0 aromatic heterocycles. The van der Waals surface area contributed by atoms with E-state index in [-0.39, 0.29) is 11.5 Å². The van der Waals surface area contributed by atoms with Crippen molar-refractivity contribution in [3.05, 3.63) is 29.3 Å². The molecule has 0 unspecified atom stereocenters. The second-order valence-corrected chi connectivity index (χ2v) is 10.1. The molecule has 3 aliphatic carbocycles. The molecular formula is C18H28O10S2. The van der Waals surface area contributed by atoms with E-state index in [1.807, 2.05) is 12.1 Å². The van der Waals surface area contributed by atoms with E-state index in [2.05, 4.69) is 13.0 Å². The third kappa shape index (κ3) is 6.61. The Bertz CT molecular complexity index is 913. The molecule has 0 heterocycles. The summed E-state index contributed by atoms with van der Waals surface area (Å²) in [6.45, 7) is 2.32. The fraction of sp³-hybridized carbons (Fsp3) is 0.667. The summed E-state index contributed by atoms with van der Waals surface area (Å²) in [4.78, 5) is 0. The normalized spacial score (nSPS) is 32.3. The molecule has 0 aliphatic heterocycles. The summed E-state index contributed by atoms with van der Waals surface area (Å²) in [5.74, 6) is 2.49. The van der Waals surface area contributed by atoms with Crippen molar-refractivity contribution in [1.29, 1.82) is 0 Å². The monoisotopic (exact) mass is 468 g/mol. The number of aliphatic hydroxyl groups excluding tert-OH is 1. The fourth-order valence-corrected chi connectivity index (χ4v) is 5.54. The van der Waals surface area contributed by atoms with Gasteiger partial charge >= 0.3 is 20.8 Å². The van der Waals surface area contributed by atoms with E-state index < -0.39 is 20.8 Å². The molecule has 0 amide bonds. The van der Waals surface area contributed by atoms with Crippen LogP contribution in [-0.2, 0) is 27.2 Å². The number of phenolic OH excluding ortho intramolecular Hbond substituents is 1. The van der Waals surface area contributed by atoms with Crippen LogP contribution in [0.5, 0.6) is 5.75 Å². The molecule has 4 rings (SSSR count). The topological polar surface area (TPSA) is 190 Å². The van der Waals surface area contributed by atoms with E-state index in [0.29, 0.717) is 17.6 Å². The van der Waals surface area contributed by atoms with Crippen molar-refractivity contribution in [2.45, 2.75) is 57.5 Å². The Balaban J connectivity index is 0.000000271. The fourth-order valence-electron chi connectivity index (χ4n) is 5.54. The minimum atomic E-state index is -4.67. The van der Waals surface area contributed by atoms with Gasteiger partial charge in [-0.3, -0.25) is 18.2 Å². The van der Waals surface area contributed by atoms with E-state index in [1.54, 1.807) is 0 Å². The van der Waals surface area contributed by atoms with Crippen molar-refractivity contribution in [2.75, 3.05) is 0 Å². The van der Waals surface area contributed by atoms with Crippen LogP contribution < -0.4 is 0 Å². The lowest BCUT2D eigenvalue weighted by Gasteiger charge is -2.50. The van der Waals surface area contributed by atoms with Gasteiger partial charge in [-0.1, -0.05) is 13.0 Å². The molecule has 5 atom stereocenters. The molecule has 0 radical (unpaired) electrons. The maximum Gasteiger partial charge on any atom is 0.394 e. The van der Waals surface area contributed by atoms with Crippen LogP contribution in [-0.4, -0.2) is 51.4 Å². The zero-order valence-corrected chi connectivity index (χ0v) is 18.0. The first-order valence-electron chi connectivity index (χ1n) is 9.49. The van der Waals surface area contributed by atoms with Crippen molar-refractivity contribution < 1.29 is 45.3 Å². The predicted octanol–water partition coefficient (Wildman–Crippen LogP) is 2.30. The zero-order valence-electron chi connectivity index (χ0n) is 16.4. The second-order valence-electron chi connectivity index (χ2n) is 8.33. The Morgan fingerprint density at radius 3 is 2.07 bits per heavy atom. The van der Waals surface area contributed by atoms with Gasteiger partial charge in [0.2, 0.25) is 0 Å². The largest absolute Gasteiger partial charge is 0.508 e. The number of hydrogen-bond acceptors (Lipinski definition) is 6. The first-order valence-corrected chi connectivity index (χ1v) is 12.3. The average Bonchev–Trinajstić information content (AvgIpc) is 2.87. The van der Waals surface area contributed by atoms with Gasteiger partial charge in [0.15, 0.2) is 0 Å². The number of aromatic hydroxyl groups is 1. The Labute approximate surface area is 176 Å². The Morgan fingerprint density at radius 1 is 0.933 bits per heavy atom. The van der Waals surface area contributed by atoms with Crippen LogP contribution in [0.2, 0.25) is 0 Å². The summed E-state index contributed by atoms with van der Waals surface area (Å²) < 4.78 is 63.2. The molecule has 0 bridgehead atoms. The maximum absolute atomic E-state index is 10.4. The standard InChI is InChI=1S/C18H24O2.2H2O4S/c1-18-9-8-14-13-5-3-12(19)10-11(13)2-4-15(14)16(18)6-7-17(18)20;2*1-5(2,3)4/h3,5,10,14-17,19-20H,2,4,6-9H2,1H3;2*(H2,1,2,3,4)/t14-,15-,16+,17+,18+;;/m1../s1. The van der Waals surface area contributed by atoms with Crippen molar-refractivity contribution in [3.8, 4) is 5.75 Å². The molecule has 0 saturated heterocycles. The molecule has 2 saturated carbocycles. The molecule has 0 spiro atoms. The molecular weight excluding hydrogens is 440 g/mol. The van der Waals surface area contributed by atoms with Gasteiger partial charge in [-0.2, -0.15) is 16.8 Å². The van der Waals surface area contributed by atoms with E-state index in [0.717, 1.165) is 25.2 Å². The maximum atomic E-state index is 10.4. The summed E-state index contributed by atoms with van der Waals surface area (Å²) in [5.41, 5.74) is 2.99. The number of benzene rings is 1. The number of phenols is 1. The Kier molecular flexibility index (Phi) is 7.55. The third-order valence-corrected chi connectivity index (χ3v) is 6.66. The molecule has 10 nitrogen and oxygen atoms in total. The van der Waals surface area contributed by atoms with E-state index in [1.165, 1.54) is 30.4 Å². The van der Waals surface area contributed by atoms with Gasteiger partial charge in [0, 0.05) is 0 Å². The first-order chi connectivity index (χ1) is 13.6. The lowest BCUT2D eigenvalue weighted by atomic mass is 9.55. The molecule has 6 N–H and O–H groups in total. The minimum Gasteiger partial charge on any atom is -0.508 e. The van der Waals surface area contributed by atoms with Gasteiger partial charge in [-0.25, -0.2) is 0 Å². The van der Waals surface area contributed by atoms with Crippen molar-refractivity contribution in [1.82, 2.24) is 0 Å². The zero-order chi connectivity index (χ0) is 22.9. The molecule has 12 heteroatoms. The number of fused-ring (bicyclic) bond motifs is 5. The van der Waals surface area contributed by atoms with Crippen LogP contribution in [0.1, 0.15) is 56.1 Å². The van der Waals surface area contributed by atoms with E-state index in [9.17, 15) is 10.2 Å². The molecule has 2 fully saturated rings. The van der Waals surface area contributed by atoms with Crippen LogP contribution in [0.3, 0.4) is 0 Å². The predicted molar refractivity (Wildman–Crippen MR) is 107 cm³/mol. The average molecular weight is 469 g/mol. The number of rotatable bonds is 0. The lowest BCUT2D eigenvalue weighted by Crippen LogP contribution is -2.43. The highest BCUT2D eigenvalue weighted by molar-refractivity contribution is 7.80. The van der Waals surface area contributed by atoms with Gasteiger partial charge in [0.05, 0.1) is 6.10 Å². The lowest BCUT2D eigenvalue weighted by molar-refractivity contribution is -0.0226. The SMILES string of the molecule is C[C@]12CC[C@@H]3c4ccc(O)cc4CC[C@H]3[C@@H]1CC[C@@H]2O.O=S(=O)(O)O.O=S(=O)(O)O. The second kappa shape index (κ2) is 9.07. The van der Waals surface area contributed by atoms with Crippen LogP contribution >= 0.6 is 0 Å². The van der Waals surface area contributed by atoms with Crippen molar-refractivity contribution >= 4 is 20.8 Å². The van der Waals surface area contributed by atoms with Crippen LogP contribution in [0.15, 0.2) is 18.2 Å². The molecule has 1 aromatic rings. The summed E-state index contributed by atoms with van der Waals surface area (Å²) in [6, 6.07) is 5.96. The van der Waals surface area contributed by atoms with Gasteiger partial charge in [0.1, 0.15) is 5.75 Å². The Morgan fingerprint density at radius 2 is 1.50 bits per heavy atom. The van der Waals surface area contributed by atoms with E-state index in [4.69, 9.17) is 35.0 Å². The number of hydrogen-bond donors (Lipinski definition) is 6.